The van der Waals surface area contributed by atoms with E-state index in [1.165, 1.54) is 25.7 Å². The highest BCUT2D eigenvalue weighted by atomic mass is 16.6. The van der Waals surface area contributed by atoms with E-state index in [4.69, 9.17) is 14.2 Å². The lowest BCUT2D eigenvalue weighted by molar-refractivity contribution is -0.0812. The highest BCUT2D eigenvalue weighted by molar-refractivity contribution is 5.05. The second-order valence-corrected chi connectivity index (χ2v) is 8.10. The van der Waals surface area contributed by atoms with Crippen LogP contribution in [0.5, 0.6) is 0 Å². The first kappa shape index (κ1) is 15.3. The van der Waals surface area contributed by atoms with Crippen LogP contribution in [0.15, 0.2) is 0 Å². The molecule has 0 bridgehead atoms. The molecule has 5 heteroatoms. The predicted octanol–water partition coefficient (Wildman–Crippen LogP) is 1.37. The van der Waals surface area contributed by atoms with Crippen molar-refractivity contribution in [3.8, 4) is 0 Å². The van der Waals surface area contributed by atoms with E-state index >= 15 is 0 Å². The second kappa shape index (κ2) is 5.71. The molecule has 5 nitrogen and oxygen atoms in total. The molecule has 4 atom stereocenters. The minimum Gasteiger partial charge on any atom is -0.372 e. The molecular formula is C17H30N2O3. The van der Waals surface area contributed by atoms with Gasteiger partial charge in [0.1, 0.15) is 0 Å². The van der Waals surface area contributed by atoms with Crippen LogP contribution in [-0.2, 0) is 14.2 Å². The van der Waals surface area contributed by atoms with Gasteiger partial charge >= 0.3 is 0 Å². The molecule has 3 saturated heterocycles. The first-order valence-corrected chi connectivity index (χ1v) is 8.94. The van der Waals surface area contributed by atoms with Crippen molar-refractivity contribution in [3.05, 3.63) is 0 Å². The molecule has 1 saturated carbocycles. The third kappa shape index (κ3) is 3.20. The van der Waals surface area contributed by atoms with Crippen molar-refractivity contribution in [2.24, 2.45) is 5.41 Å². The molecule has 4 fully saturated rings. The molecule has 4 rings (SSSR count). The van der Waals surface area contributed by atoms with Gasteiger partial charge in [0.05, 0.1) is 43.8 Å². The van der Waals surface area contributed by atoms with Crippen molar-refractivity contribution in [2.75, 3.05) is 39.5 Å². The maximum absolute atomic E-state index is 5.55. The Kier molecular flexibility index (Phi) is 3.98. The molecule has 0 aromatic carbocycles. The summed E-state index contributed by atoms with van der Waals surface area (Å²) in [7, 11) is 0. The third-order valence-corrected chi connectivity index (χ3v) is 5.93. The molecule has 126 valence electrons. The van der Waals surface area contributed by atoms with E-state index < -0.39 is 0 Å². The number of hydrogen-bond acceptors (Lipinski definition) is 5. The molecule has 4 unspecified atom stereocenters. The van der Waals surface area contributed by atoms with E-state index in [9.17, 15) is 0 Å². The molecule has 1 N–H and O–H groups in total. The molecule has 4 aliphatic rings. The largest absolute Gasteiger partial charge is 0.372 e. The molecule has 3 aliphatic heterocycles. The van der Waals surface area contributed by atoms with E-state index in [2.05, 4.69) is 24.1 Å². The molecular weight excluding hydrogens is 280 g/mol. The second-order valence-electron chi connectivity index (χ2n) is 8.10. The number of hydrogen-bond donors (Lipinski definition) is 1. The van der Waals surface area contributed by atoms with Crippen LogP contribution in [0.2, 0.25) is 0 Å². The maximum Gasteiger partial charge on any atom is 0.0937 e. The molecule has 0 radical (unpaired) electrons. The van der Waals surface area contributed by atoms with Crippen LogP contribution in [-0.4, -0.2) is 68.3 Å². The standard InChI is InChI=1S/C17H30N2O3/c1-16(2)5-3-4-6-17(16,18-7-13-10-20-13)19(8-14-11-21-14)9-15-12-22-15/h13-15,18H,3-12H2,1-2H3. The van der Waals surface area contributed by atoms with E-state index in [1.54, 1.807) is 0 Å². The number of epoxide rings is 3. The summed E-state index contributed by atoms with van der Waals surface area (Å²) in [5, 5.41) is 3.94. The smallest absolute Gasteiger partial charge is 0.0937 e. The van der Waals surface area contributed by atoms with Crippen LogP contribution in [0.4, 0.5) is 0 Å². The zero-order chi connectivity index (χ0) is 15.2. The average molecular weight is 310 g/mol. The number of nitrogens with one attached hydrogen (secondary N) is 1. The first-order valence-electron chi connectivity index (χ1n) is 8.94. The van der Waals surface area contributed by atoms with Gasteiger partial charge < -0.3 is 14.2 Å². The van der Waals surface area contributed by atoms with Crippen LogP contribution in [0.25, 0.3) is 0 Å². The lowest BCUT2D eigenvalue weighted by Crippen LogP contribution is -2.69. The third-order valence-electron chi connectivity index (χ3n) is 5.93. The Morgan fingerprint density at radius 3 is 1.95 bits per heavy atom. The van der Waals surface area contributed by atoms with Gasteiger partial charge in [-0.15, -0.1) is 0 Å². The normalized spacial score (nSPS) is 42.4. The molecule has 0 aromatic heterocycles. The number of ether oxygens (including phenoxy) is 3. The number of nitrogens with zero attached hydrogens (tertiary/aromatic N) is 1. The van der Waals surface area contributed by atoms with Crippen molar-refractivity contribution in [1.29, 1.82) is 0 Å². The Bertz CT molecular complexity index is 391. The van der Waals surface area contributed by atoms with Crippen LogP contribution >= 0.6 is 0 Å². The van der Waals surface area contributed by atoms with Gasteiger partial charge in [-0.25, -0.2) is 0 Å². The molecule has 1 aliphatic carbocycles. The fourth-order valence-electron chi connectivity index (χ4n) is 4.21. The van der Waals surface area contributed by atoms with Crippen LogP contribution in [0.1, 0.15) is 39.5 Å². The van der Waals surface area contributed by atoms with Gasteiger partial charge in [-0.05, 0) is 18.3 Å². The van der Waals surface area contributed by atoms with Crippen LogP contribution in [0.3, 0.4) is 0 Å². The zero-order valence-corrected chi connectivity index (χ0v) is 14.0. The van der Waals surface area contributed by atoms with Crippen molar-refractivity contribution < 1.29 is 14.2 Å². The summed E-state index contributed by atoms with van der Waals surface area (Å²) < 4.78 is 16.5. The summed E-state index contributed by atoms with van der Waals surface area (Å²) in [6, 6.07) is 0. The number of rotatable bonds is 8. The Labute approximate surface area is 133 Å². The Morgan fingerprint density at radius 2 is 1.45 bits per heavy atom. The van der Waals surface area contributed by atoms with Gasteiger partial charge in [0.25, 0.3) is 0 Å². The van der Waals surface area contributed by atoms with Gasteiger partial charge in [0.2, 0.25) is 0 Å². The molecule has 0 spiro atoms. The van der Waals surface area contributed by atoms with E-state index in [1.807, 2.05) is 0 Å². The van der Waals surface area contributed by atoms with Crippen molar-refractivity contribution >= 4 is 0 Å². The lowest BCUT2D eigenvalue weighted by Gasteiger charge is -2.57. The molecule has 22 heavy (non-hydrogen) atoms. The Hall–Kier alpha value is -0.200. The van der Waals surface area contributed by atoms with Gasteiger partial charge in [-0.1, -0.05) is 26.7 Å². The van der Waals surface area contributed by atoms with Gasteiger partial charge in [0, 0.05) is 19.6 Å². The van der Waals surface area contributed by atoms with Gasteiger partial charge in [-0.2, -0.15) is 0 Å². The predicted molar refractivity (Wildman–Crippen MR) is 83.8 cm³/mol. The highest BCUT2D eigenvalue weighted by Crippen LogP contribution is 2.47. The minimum absolute atomic E-state index is 0.0507. The molecule has 3 heterocycles. The van der Waals surface area contributed by atoms with Crippen LogP contribution in [0, 0.1) is 5.41 Å². The van der Waals surface area contributed by atoms with E-state index in [-0.39, 0.29) is 11.1 Å². The van der Waals surface area contributed by atoms with Crippen LogP contribution < -0.4 is 5.32 Å². The summed E-state index contributed by atoms with van der Waals surface area (Å²) in [4.78, 5) is 2.66. The molecule has 0 amide bonds. The van der Waals surface area contributed by atoms with E-state index in [0.29, 0.717) is 18.3 Å². The summed E-state index contributed by atoms with van der Waals surface area (Å²) in [5.74, 6) is 0. The van der Waals surface area contributed by atoms with Crippen molar-refractivity contribution in [2.45, 2.75) is 63.5 Å². The Morgan fingerprint density at radius 1 is 0.909 bits per heavy atom. The van der Waals surface area contributed by atoms with Crippen molar-refractivity contribution in [3.63, 3.8) is 0 Å². The quantitative estimate of drug-likeness (QED) is 0.542. The van der Waals surface area contributed by atoms with E-state index in [0.717, 1.165) is 39.5 Å². The summed E-state index contributed by atoms with van der Waals surface area (Å²) in [6.45, 7) is 10.7. The topological polar surface area (TPSA) is 52.9 Å². The summed E-state index contributed by atoms with van der Waals surface area (Å²) >= 11 is 0. The van der Waals surface area contributed by atoms with Gasteiger partial charge in [0.15, 0.2) is 0 Å². The monoisotopic (exact) mass is 310 g/mol. The minimum atomic E-state index is 0.0507. The summed E-state index contributed by atoms with van der Waals surface area (Å²) in [5.41, 5.74) is 0.305. The fraction of sp³-hybridized carbons (Fsp3) is 1.00. The molecule has 0 aromatic rings. The average Bonchev–Trinajstić information content (AvgIpc) is 3.34. The lowest BCUT2D eigenvalue weighted by atomic mass is 9.67. The first-order chi connectivity index (χ1) is 10.6. The van der Waals surface area contributed by atoms with Crippen molar-refractivity contribution in [1.82, 2.24) is 10.2 Å². The Balaban J connectivity index is 1.56. The summed E-state index contributed by atoms with van der Waals surface area (Å²) in [6.07, 6.45) is 6.40. The maximum atomic E-state index is 5.55. The van der Waals surface area contributed by atoms with Gasteiger partial charge in [-0.3, -0.25) is 10.2 Å². The SMILES string of the molecule is CC1(C)CCCCC1(NCC1CO1)N(CC1CO1)CC1CO1. The zero-order valence-electron chi connectivity index (χ0n) is 14.0. The fourth-order valence-corrected chi connectivity index (χ4v) is 4.21. The highest BCUT2D eigenvalue weighted by Gasteiger charge is 2.53.